The van der Waals surface area contributed by atoms with Crippen LogP contribution in [0.15, 0.2) is 71.5 Å². The maximum Gasteiger partial charge on any atom is 0.266 e. The third-order valence-electron chi connectivity index (χ3n) is 5.76. The first-order valence-electron chi connectivity index (χ1n) is 11.0. The Kier molecular flexibility index (Phi) is 6.88. The van der Waals surface area contributed by atoms with Crippen LogP contribution in [-0.2, 0) is 0 Å². The number of aryl methyl sites for hydroxylation is 1. The minimum Gasteiger partial charge on any atom is -0.370 e. The first kappa shape index (κ1) is 23.4. The van der Waals surface area contributed by atoms with Gasteiger partial charge in [0.1, 0.15) is 5.82 Å². The van der Waals surface area contributed by atoms with E-state index >= 15 is 0 Å². The van der Waals surface area contributed by atoms with Gasteiger partial charge in [-0.2, -0.15) is 0 Å². The molecule has 6 nitrogen and oxygen atoms in total. The molecule has 2 N–H and O–H groups in total. The number of nitrogens with zero attached hydrogens (tertiary/aromatic N) is 2. The molecule has 0 bridgehead atoms. The van der Waals surface area contributed by atoms with Crippen LogP contribution < -0.4 is 15.8 Å². The maximum atomic E-state index is 14.3. The molecule has 1 amide bonds. The van der Waals surface area contributed by atoms with Gasteiger partial charge in [0.2, 0.25) is 0 Å². The Bertz CT molecular complexity index is 1480. The zero-order chi connectivity index (χ0) is 24.2. The molecular weight excluding hydrogens is 451 g/mol. The summed E-state index contributed by atoms with van der Waals surface area (Å²) in [6.07, 6.45) is 0. The molecule has 174 valence electrons. The normalized spacial score (nSPS) is 10.9. The number of benzene rings is 3. The van der Waals surface area contributed by atoms with Gasteiger partial charge in [-0.1, -0.05) is 30.3 Å². The number of aromatic amines is 1. The van der Waals surface area contributed by atoms with Crippen LogP contribution in [0.3, 0.4) is 0 Å². The Morgan fingerprint density at radius 1 is 1.12 bits per heavy atom. The second-order valence-electron chi connectivity index (χ2n) is 7.90. The summed E-state index contributed by atoms with van der Waals surface area (Å²) in [5.74, 6) is -0.799. The van der Waals surface area contributed by atoms with E-state index in [1.165, 1.54) is 17.7 Å². The van der Waals surface area contributed by atoms with Gasteiger partial charge >= 0.3 is 0 Å². The number of halogens is 1. The number of nitrogens with one attached hydrogen (secondary N) is 2. The molecule has 1 aromatic heterocycles. The van der Waals surface area contributed by atoms with Crippen molar-refractivity contribution in [1.82, 2.24) is 14.9 Å². The summed E-state index contributed by atoms with van der Waals surface area (Å²) < 4.78 is 15.4. The SMILES string of the molecule is CCN(CCNC(=O)c1ccc2c(=O)n(-c3ccccc3F)c(=S)[nH]c2c1)c1ccccc1C. The van der Waals surface area contributed by atoms with Crippen LogP contribution >= 0.6 is 12.2 Å². The standard InChI is InChI=1S/C26H25FN4O2S/c1-3-30(22-10-6-4-8-17(22)2)15-14-28-24(32)18-12-13-19-21(16-18)29-26(34)31(25(19)33)23-11-7-5-9-20(23)27/h4-13,16H,3,14-15H2,1-2H3,(H,28,32)(H,29,34). The number of anilines is 1. The zero-order valence-electron chi connectivity index (χ0n) is 19.0. The Morgan fingerprint density at radius 3 is 2.59 bits per heavy atom. The summed E-state index contributed by atoms with van der Waals surface area (Å²) in [5.41, 5.74) is 2.77. The van der Waals surface area contributed by atoms with Gasteiger partial charge in [0.15, 0.2) is 4.77 Å². The van der Waals surface area contributed by atoms with Gasteiger partial charge in [-0.05, 0) is 68.0 Å². The molecule has 4 aromatic rings. The van der Waals surface area contributed by atoms with Crippen molar-refractivity contribution in [3.63, 3.8) is 0 Å². The molecule has 0 saturated carbocycles. The van der Waals surface area contributed by atoms with Crippen molar-refractivity contribution >= 4 is 34.7 Å². The molecule has 0 fully saturated rings. The van der Waals surface area contributed by atoms with E-state index in [1.807, 2.05) is 12.1 Å². The van der Waals surface area contributed by atoms with Gasteiger partial charge in [0, 0.05) is 30.9 Å². The Hall–Kier alpha value is -3.78. The Labute approximate surface area is 201 Å². The van der Waals surface area contributed by atoms with E-state index in [1.54, 1.807) is 30.3 Å². The molecule has 34 heavy (non-hydrogen) atoms. The molecule has 0 saturated heterocycles. The molecule has 0 radical (unpaired) electrons. The summed E-state index contributed by atoms with van der Waals surface area (Å²) in [6, 6.07) is 18.8. The van der Waals surface area contributed by atoms with Crippen molar-refractivity contribution in [2.24, 2.45) is 0 Å². The molecule has 4 rings (SSSR count). The van der Waals surface area contributed by atoms with E-state index in [2.05, 4.69) is 41.2 Å². The van der Waals surface area contributed by atoms with Gasteiger partial charge in [0.05, 0.1) is 16.6 Å². The average Bonchev–Trinajstić information content (AvgIpc) is 2.83. The Balaban J connectivity index is 1.54. The molecule has 0 atom stereocenters. The lowest BCUT2D eigenvalue weighted by Crippen LogP contribution is -2.35. The Morgan fingerprint density at radius 2 is 1.85 bits per heavy atom. The molecule has 0 aliphatic rings. The fraction of sp³-hybridized carbons (Fsp3) is 0.192. The monoisotopic (exact) mass is 476 g/mol. The van der Waals surface area contributed by atoms with Crippen molar-refractivity contribution in [2.75, 3.05) is 24.5 Å². The number of carbonyl (C=O) groups is 1. The second kappa shape index (κ2) is 10.0. The van der Waals surface area contributed by atoms with Crippen molar-refractivity contribution in [3.8, 4) is 5.69 Å². The molecule has 0 unspecified atom stereocenters. The van der Waals surface area contributed by atoms with Crippen molar-refractivity contribution in [3.05, 3.63) is 98.8 Å². The van der Waals surface area contributed by atoms with E-state index in [-0.39, 0.29) is 16.4 Å². The van der Waals surface area contributed by atoms with Crippen LogP contribution in [-0.4, -0.2) is 35.1 Å². The van der Waals surface area contributed by atoms with Crippen LogP contribution in [0.25, 0.3) is 16.6 Å². The van der Waals surface area contributed by atoms with E-state index in [0.717, 1.165) is 16.8 Å². The van der Waals surface area contributed by atoms with Crippen LogP contribution in [0.1, 0.15) is 22.8 Å². The lowest BCUT2D eigenvalue weighted by atomic mass is 10.1. The minimum atomic E-state index is -0.550. The van der Waals surface area contributed by atoms with E-state index < -0.39 is 11.4 Å². The number of amides is 1. The number of H-pyrrole nitrogens is 1. The lowest BCUT2D eigenvalue weighted by Gasteiger charge is -2.25. The number of fused-ring (bicyclic) bond motifs is 1. The summed E-state index contributed by atoms with van der Waals surface area (Å²) >= 11 is 5.32. The highest BCUT2D eigenvalue weighted by Gasteiger charge is 2.14. The highest BCUT2D eigenvalue weighted by atomic mass is 32.1. The second-order valence-corrected chi connectivity index (χ2v) is 8.29. The first-order valence-corrected chi connectivity index (χ1v) is 11.4. The third-order valence-corrected chi connectivity index (χ3v) is 6.04. The topological polar surface area (TPSA) is 70.1 Å². The fourth-order valence-electron chi connectivity index (χ4n) is 3.98. The molecular formula is C26H25FN4O2S. The van der Waals surface area contributed by atoms with Crippen LogP contribution in [0, 0.1) is 17.5 Å². The van der Waals surface area contributed by atoms with Gasteiger partial charge < -0.3 is 15.2 Å². The summed E-state index contributed by atoms with van der Waals surface area (Å²) in [7, 11) is 0. The van der Waals surface area contributed by atoms with Crippen molar-refractivity contribution in [1.29, 1.82) is 0 Å². The molecule has 8 heteroatoms. The maximum absolute atomic E-state index is 14.3. The first-order chi connectivity index (χ1) is 16.4. The van der Waals surface area contributed by atoms with E-state index in [9.17, 15) is 14.0 Å². The zero-order valence-corrected chi connectivity index (χ0v) is 19.8. The van der Waals surface area contributed by atoms with Crippen LogP contribution in [0.2, 0.25) is 0 Å². The summed E-state index contributed by atoms with van der Waals surface area (Å²) in [5, 5.41) is 3.25. The third kappa shape index (κ3) is 4.63. The predicted octanol–water partition coefficient (Wildman–Crippen LogP) is 4.75. The number of rotatable bonds is 7. The lowest BCUT2D eigenvalue weighted by molar-refractivity contribution is 0.0954. The van der Waals surface area contributed by atoms with Gasteiger partial charge in [0.25, 0.3) is 11.5 Å². The van der Waals surface area contributed by atoms with Gasteiger partial charge in [-0.25, -0.2) is 8.96 Å². The molecule has 0 spiro atoms. The summed E-state index contributed by atoms with van der Waals surface area (Å²) in [4.78, 5) is 31.0. The van der Waals surface area contributed by atoms with E-state index in [4.69, 9.17) is 12.2 Å². The molecule has 3 aromatic carbocycles. The van der Waals surface area contributed by atoms with Crippen molar-refractivity contribution in [2.45, 2.75) is 13.8 Å². The number of likely N-dealkylation sites (N-methyl/N-ethyl adjacent to an activating group) is 1. The van der Waals surface area contributed by atoms with Crippen LogP contribution in [0.5, 0.6) is 0 Å². The predicted molar refractivity (Wildman–Crippen MR) is 136 cm³/mol. The number of carbonyl (C=O) groups excluding carboxylic acids is 1. The summed E-state index contributed by atoms with van der Waals surface area (Å²) in [6.45, 7) is 6.09. The number of hydrogen-bond donors (Lipinski definition) is 2. The van der Waals surface area contributed by atoms with Crippen LogP contribution in [0.4, 0.5) is 10.1 Å². The van der Waals surface area contributed by atoms with Crippen molar-refractivity contribution < 1.29 is 9.18 Å². The van der Waals surface area contributed by atoms with Gasteiger partial charge in [-0.3, -0.25) is 9.59 Å². The quantitative estimate of drug-likeness (QED) is 0.378. The largest absolute Gasteiger partial charge is 0.370 e. The number of aromatic nitrogens is 2. The minimum absolute atomic E-state index is 0.0528. The highest BCUT2D eigenvalue weighted by Crippen LogP contribution is 2.19. The average molecular weight is 477 g/mol. The molecule has 1 heterocycles. The number of para-hydroxylation sites is 2. The number of hydrogen-bond acceptors (Lipinski definition) is 4. The van der Waals surface area contributed by atoms with E-state index in [0.29, 0.717) is 29.6 Å². The highest BCUT2D eigenvalue weighted by molar-refractivity contribution is 7.71. The smallest absolute Gasteiger partial charge is 0.266 e. The molecule has 0 aliphatic carbocycles. The fourth-order valence-corrected chi connectivity index (χ4v) is 4.28. The molecule has 0 aliphatic heterocycles. The van der Waals surface area contributed by atoms with Gasteiger partial charge in [-0.15, -0.1) is 0 Å².